The number of nitrogens with one attached hydrogen (secondary N) is 1. The molecule has 0 aliphatic heterocycles. The predicted octanol–water partition coefficient (Wildman–Crippen LogP) is 2.39. The first kappa shape index (κ1) is 15.7. The van der Waals surface area contributed by atoms with Crippen LogP contribution in [-0.4, -0.2) is 19.8 Å². The number of hydrogen-bond acceptors (Lipinski definition) is 5. The molecule has 0 aliphatic carbocycles. The van der Waals surface area contributed by atoms with Gasteiger partial charge in [-0.3, -0.25) is 4.57 Å². The van der Waals surface area contributed by atoms with Gasteiger partial charge >= 0.3 is 7.60 Å². The number of nitrogen functional groups attached to an aromatic ring is 1. The first-order valence-corrected chi connectivity index (χ1v) is 8.97. The topological polar surface area (TPSA) is 139 Å². The van der Waals surface area contributed by atoms with Crippen LogP contribution < -0.4 is 11.0 Å². The van der Waals surface area contributed by atoms with Gasteiger partial charge in [-0.25, -0.2) is 4.98 Å². The summed E-state index contributed by atoms with van der Waals surface area (Å²) in [5.41, 5.74) is 8.64. The van der Waals surface area contributed by atoms with Crippen LogP contribution in [0.2, 0.25) is 0 Å². The van der Waals surface area contributed by atoms with Crippen molar-refractivity contribution in [3.05, 3.63) is 54.2 Å². The third-order valence-corrected chi connectivity index (χ3v) is 5.01. The van der Waals surface area contributed by atoms with E-state index in [9.17, 15) is 14.4 Å². The summed E-state index contributed by atoms with van der Waals surface area (Å²) < 4.78 is 22.8. The van der Waals surface area contributed by atoms with Gasteiger partial charge in [-0.15, -0.1) is 0 Å². The molecule has 25 heavy (non-hydrogen) atoms. The molecule has 0 radical (unpaired) electrons. The molecule has 9 heteroatoms. The summed E-state index contributed by atoms with van der Waals surface area (Å²) in [4.78, 5) is 27.0. The Balaban J connectivity index is 1.97. The summed E-state index contributed by atoms with van der Waals surface area (Å²) >= 11 is 0. The summed E-state index contributed by atoms with van der Waals surface area (Å²) in [6.07, 6.45) is 4.66. The van der Waals surface area contributed by atoms with Gasteiger partial charge in [0.2, 0.25) is 0 Å². The van der Waals surface area contributed by atoms with E-state index in [-0.39, 0.29) is 28.9 Å². The Bertz CT molecular complexity index is 1090. The summed E-state index contributed by atoms with van der Waals surface area (Å²) in [5, 5.41) is -0.221. The first-order valence-electron chi connectivity index (χ1n) is 7.36. The Hall–Kier alpha value is -2.80. The maximum absolute atomic E-state index is 12.2. The zero-order valence-electron chi connectivity index (χ0n) is 12.8. The van der Waals surface area contributed by atoms with Gasteiger partial charge in [-0.2, -0.15) is 0 Å². The van der Waals surface area contributed by atoms with E-state index in [2.05, 4.69) is 9.97 Å². The third-order valence-electron chi connectivity index (χ3n) is 3.96. The molecule has 4 aromatic rings. The number of aromatic nitrogens is 2. The van der Waals surface area contributed by atoms with Gasteiger partial charge in [0.05, 0.1) is 29.9 Å². The SMILES string of the molecule is Nc1oc(-c2cccc3[nH]cnc23)c(P(=O)(O)O)c1Cc1ccoc1. The minimum atomic E-state index is -4.66. The van der Waals surface area contributed by atoms with Gasteiger partial charge in [0, 0.05) is 17.5 Å². The molecular formula is C16H14N3O5P. The highest BCUT2D eigenvalue weighted by Gasteiger charge is 2.33. The second-order valence-corrected chi connectivity index (χ2v) is 7.11. The predicted molar refractivity (Wildman–Crippen MR) is 91.4 cm³/mol. The number of anilines is 1. The van der Waals surface area contributed by atoms with Gasteiger partial charge in [0.25, 0.3) is 0 Å². The lowest BCUT2D eigenvalue weighted by Crippen LogP contribution is -2.12. The monoisotopic (exact) mass is 359 g/mol. The van der Waals surface area contributed by atoms with Gasteiger partial charge in [-0.05, 0) is 23.8 Å². The number of nitrogens with two attached hydrogens (primary N) is 1. The molecule has 128 valence electrons. The van der Waals surface area contributed by atoms with Crippen molar-refractivity contribution in [3.63, 3.8) is 0 Å². The summed E-state index contributed by atoms with van der Waals surface area (Å²) in [7, 11) is -4.66. The molecule has 4 rings (SSSR count). The second kappa shape index (κ2) is 5.63. The molecule has 0 atom stereocenters. The van der Waals surface area contributed by atoms with Gasteiger partial charge in [0.1, 0.15) is 5.30 Å². The first-order chi connectivity index (χ1) is 11.9. The molecule has 0 fully saturated rings. The van der Waals surface area contributed by atoms with Crippen molar-refractivity contribution in [2.45, 2.75) is 6.42 Å². The lowest BCUT2D eigenvalue weighted by atomic mass is 10.1. The van der Waals surface area contributed by atoms with Crippen molar-refractivity contribution in [2.24, 2.45) is 0 Å². The average molecular weight is 359 g/mol. The maximum Gasteiger partial charge on any atom is 0.360 e. The van der Waals surface area contributed by atoms with E-state index >= 15 is 0 Å². The standard InChI is InChI=1S/C16H14N3O5P/c17-16-11(6-9-4-5-23-7-9)15(25(20,21)22)14(24-16)10-2-1-3-12-13(10)19-8-18-12/h1-5,7-8H,6,17H2,(H,18,19)(H2,20,21,22). The number of fused-ring (bicyclic) bond motifs is 1. The van der Waals surface area contributed by atoms with E-state index in [1.165, 1.54) is 18.9 Å². The molecule has 0 spiro atoms. The van der Waals surface area contributed by atoms with Crippen molar-refractivity contribution in [1.29, 1.82) is 0 Å². The Morgan fingerprint density at radius 2 is 2.12 bits per heavy atom. The fourth-order valence-corrected chi connectivity index (χ4v) is 3.85. The van der Waals surface area contributed by atoms with Crippen molar-refractivity contribution >= 4 is 29.8 Å². The Kier molecular flexibility index (Phi) is 3.54. The van der Waals surface area contributed by atoms with Crippen LogP contribution in [0.5, 0.6) is 0 Å². The van der Waals surface area contributed by atoms with E-state index in [4.69, 9.17) is 14.6 Å². The van der Waals surface area contributed by atoms with Gasteiger partial charge in [0.15, 0.2) is 11.6 Å². The minimum Gasteiger partial charge on any atom is -0.472 e. The van der Waals surface area contributed by atoms with Crippen molar-refractivity contribution < 1.29 is 23.2 Å². The van der Waals surface area contributed by atoms with Crippen molar-refractivity contribution in [2.75, 3.05) is 5.73 Å². The van der Waals surface area contributed by atoms with E-state index in [1.807, 2.05) is 6.07 Å². The molecule has 5 N–H and O–H groups in total. The molecule has 0 unspecified atom stereocenters. The number of benzene rings is 1. The van der Waals surface area contributed by atoms with E-state index < -0.39 is 7.60 Å². The van der Waals surface area contributed by atoms with Crippen LogP contribution in [0.1, 0.15) is 11.1 Å². The molecular weight excluding hydrogens is 345 g/mol. The van der Waals surface area contributed by atoms with Crippen LogP contribution in [0, 0.1) is 0 Å². The molecule has 0 saturated carbocycles. The highest BCUT2D eigenvalue weighted by atomic mass is 31.2. The summed E-state index contributed by atoms with van der Waals surface area (Å²) in [5.74, 6) is -0.0101. The highest BCUT2D eigenvalue weighted by molar-refractivity contribution is 7.60. The third kappa shape index (κ3) is 2.66. The van der Waals surface area contributed by atoms with E-state index in [1.54, 1.807) is 18.2 Å². The number of H-pyrrole nitrogens is 1. The lowest BCUT2D eigenvalue weighted by molar-refractivity contribution is 0.387. The fraction of sp³-hybridized carbons (Fsp3) is 0.0625. The summed E-state index contributed by atoms with van der Waals surface area (Å²) in [6, 6.07) is 6.93. The average Bonchev–Trinajstić information content (AvgIpc) is 3.27. The second-order valence-electron chi connectivity index (χ2n) is 5.58. The molecule has 0 bridgehead atoms. The van der Waals surface area contributed by atoms with E-state index in [0.29, 0.717) is 11.1 Å². The minimum absolute atomic E-state index is 0.0297. The number of nitrogens with zero attached hydrogens (tertiary/aromatic N) is 1. The lowest BCUT2D eigenvalue weighted by Gasteiger charge is -2.08. The largest absolute Gasteiger partial charge is 0.472 e. The van der Waals surface area contributed by atoms with Crippen LogP contribution in [0.25, 0.3) is 22.4 Å². The maximum atomic E-state index is 12.2. The van der Waals surface area contributed by atoms with Gasteiger partial charge in [-0.1, -0.05) is 6.07 Å². The number of rotatable bonds is 4. The molecule has 0 saturated heterocycles. The molecule has 3 heterocycles. The molecule has 3 aromatic heterocycles. The zero-order valence-corrected chi connectivity index (χ0v) is 13.7. The smallest absolute Gasteiger partial charge is 0.360 e. The Labute approximate surface area is 141 Å². The summed E-state index contributed by atoms with van der Waals surface area (Å²) in [6.45, 7) is 0. The number of aromatic amines is 1. The number of para-hydroxylation sites is 1. The number of imidazole rings is 1. The molecule has 0 amide bonds. The van der Waals surface area contributed by atoms with Crippen molar-refractivity contribution in [1.82, 2.24) is 9.97 Å². The Morgan fingerprint density at radius 3 is 2.84 bits per heavy atom. The number of hydrogen-bond donors (Lipinski definition) is 4. The zero-order chi connectivity index (χ0) is 17.6. The molecule has 8 nitrogen and oxygen atoms in total. The number of furan rings is 2. The van der Waals surface area contributed by atoms with Gasteiger partial charge < -0.3 is 29.3 Å². The van der Waals surface area contributed by atoms with Crippen molar-refractivity contribution in [3.8, 4) is 11.3 Å². The normalized spacial score (nSPS) is 12.1. The van der Waals surface area contributed by atoms with Crippen LogP contribution in [0.4, 0.5) is 5.88 Å². The van der Waals surface area contributed by atoms with Crippen LogP contribution in [0.15, 0.2) is 52.0 Å². The molecule has 0 aliphatic rings. The van der Waals surface area contributed by atoms with Crippen LogP contribution in [0.3, 0.4) is 0 Å². The highest BCUT2D eigenvalue weighted by Crippen LogP contribution is 2.44. The fourth-order valence-electron chi connectivity index (χ4n) is 2.88. The quantitative estimate of drug-likeness (QED) is 0.410. The van der Waals surface area contributed by atoms with Crippen LogP contribution in [-0.2, 0) is 11.0 Å². The van der Waals surface area contributed by atoms with E-state index in [0.717, 1.165) is 11.1 Å². The van der Waals surface area contributed by atoms with Crippen LogP contribution >= 0.6 is 7.60 Å². The molecule has 1 aromatic carbocycles. The Morgan fingerprint density at radius 1 is 1.28 bits per heavy atom.